The zero-order valence-corrected chi connectivity index (χ0v) is 15.3. The smallest absolute Gasteiger partial charge is 0.282 e. The number of nitrogens with one attached hydrogen (secondary N) is 2. The van der Waals surface area contributed by atoms with E-state index in [4.69, 9.17) is 21.1 Å². The molecule has 0 spiro atoms. The van der Waals surface area contributed by atoms with Gasteiger partial charge >= 0.3 is 0 Å². The first kappa shape index (κ1) is 20.0. The summed E-state index contributed by atoms with van der Waals surface area (Å²) in [5.74, 6) is 0.0992. The first-order chi connectivity index (χ1) is 12.9. The van der Waals surface area contributed by atoms with Crippen LogP contribution in [0, 0.1) is 10.1 Å². The maximum Gasteiger partial charge on any atom is 0.282 e. The van der Waals surface area contributed by atoms with Crippen LogP contribution in [0.1, 0.15) is 5.56 Å². The van der Waals surface area contributed by atoms with E-state index in [1.807, 2.05) is 0 Å². The number of halogens is 1. The summed E-state index contributed by atoms with van der Waals surface area (Å²) in [6.07, 6.45) is 1.17. The number of carbonyl (C=O) groups is 1. The third-order valence-electron chi connectivity index (χ3n) is 3.42. The fourth-order valence-electron chi connectivity index (χ4n) is 2.11. The third kappa shape index (κ3) is 5.58. The van der Waals surface area contributed by atoms with Gasteiger partial charge in [0.1, 0.15) is 0 Å². The molecule has 2 aromatic rings. The van der Waals surface area contributed by atoms with Gasteiger partial charge in [0.2, 0.25) is 0 Å². The number of nitro groups is 1. The second kappa shape index (κ2) is 9.39. The number of carbonyl (C=O) groups excluding carboxylic acids is 1. The molecule has 0 atom stereocenters. The molecule has 0 saturated heterocycles. The molecule has 0 radical (unpaired) electrons. The lowest BCUT2D eigenvalue weighted by Crippen LogP contribution is -2.25. The summed E-state index contributed by atoms with van der Waals surface area (Å²) < 4.78 is 10.2. The van der Waals surface area contributed by atoms with E-state index in [0.29, 0.717) is 16.5 Å². The molecule has 0 aliphatic carbocycles. The van der Waals surface area contributed by atoms with E-state index in [1.54, 1.807) is 24.3 Å². The molecule has 2 N–H and O–H groups in total. The van der Waals surface area contributed by atoms with Gasteiger partial charge in [0.15, 0.2) is 11.5 Å². The lowest BCUT2D eigenvalue weighted by atomic mass is 10.1. The number of nitro benzene ring substituents is 1. The van der Waals surface area contributed by atoms with Gasteiger partial charge in [-0.05, 0) is 30.3 Å². The van der Waals surface area contributed by atoms with Crippen LogP contribution in [0.25, 0.3) is 0 Å². The van der Waals surface area contributed by atoms with Crippen molar-refractivity contribution in [1.29, 1.82) is 0 Å². The third-order valence-corrected chi connectivity index (χ3v) is 3.67. The molecule has 9 nitrogen and oxygen atoms in total. The zero-order chi connectivity index (χ0) is 19.8. The van der Waals surface area contributed by atoms with E-state index in [1.165, 1.54) is 32.6 Å². The van der Waals surface area contributed by atoms with Crippen LogP contribution in [0.2, 0.25) is 5.02 Å². The van der Waals surface area contributed by atoms with E-state index >= 15 is 0 Å². The Morgan fingerprint density at radius 1 is 1.22 bits per heavy atom. The Bertz CT molecular complexity index is 855. The van der Waals surface area contributed by atoms with Crippen molar-refractivity contribution >= 4 is 35.1 Å². The Kier molecular flexibility index (Phi) is 6.95. The number of nitrogens with zero attached hydrogens (tertiary/aromatic N) is 2. The Balaban J connectivity index is 2.02. The van der Waals surface area contributed by atoms with Crippen LogP contribution in [0.15, 0.2) is 41.5 Å². The Hall–Kier alpha value is -3.33. The van der Waals surface area contributed by atoms with Crippen LogP contribution in [0.3, 0.4) is 0 Å². The van der Waals surface area contributed by atoms with Crippen molar-refractivity contribution in [3.05, 3.63) is 57.1 Å². The highest BCUT2D eigenvalue weighted by molar-refractivity contribution is 6.30. The van der Waals surface area contributed by atoms with Gasteiger partial charge in [-0.25, -0.2) is 5.43 Å². The topological polar surface area (TPSA) is 115 Å². The molecular formula is C17H17ClN4O5. The van der Waals surface area contributed by atoms with Crippen molar-refractivity contribution < 1.29 is 19.2 Å². The van der Waals surface area contributed by atoms with Gasteiger partial charge in [0, 0.05) is 10.7 Å². The van der Waals surface area contributed by atoms with Crippen molar-refractivity contribution in [2.75, 3.05) is 26.1 Å². The molecule has 2 rings (SSSR count). The molecule has 0 heterocycles. The SMILES string of the molecule is COc1cc(/C=N\NC(=O)CNc2ccc(Cl)cc2)c([N+](=O)[O-])cc1OC. The largest absolute Gasteiger partial charge is 0.493 e. The summed E-state index contributed by atoms with van der Waals surface area (Å²) in [6.45, 7) is -0.0347. The summed E-state index contributed by atoms with van der Waals surface area (Å²) in [5, 5.41) is 18.4. The highest BCUT2D eigenvalue weighted by Crippen LogP contribution is 2.33. The highest BCUT2D eigenvalue weighted by Gasteiger charge is 2.18. The fourth-order valence-corrected chi connectivity index (χ4v) is 2.23. The van der Waals surface area contributed by atoms with Gasteiger partial charge in [-0.15, -0.1) is 0 Å². The number of hydrogen-bond acceptors (Lipinski definition) is 7. The minimum Gasteiger partial charge on any atom is -0.493 e. The van der Waals surface area contributed by atoms with Crippen LogP contribution in [-0.2, 0) is 4.79 Å². The van der Waals surface area contributed by atoms with Gasteiger partial charge in [0.05, 0.1) is 43.5 Å². The van der Waals surface area contributed by atoms with Crippen molar-refractivity contribution in [3.8, 4) is 11.5 Å². The van der Waals surface area contributed by atoms with Crippen LogP contribution >= 0.6 is 11.6 Å². The second-order valence-corrected chi connectivity index (χ2v) is 5.61. The molecule has 10 heteroatoms. The van der Waals surface area contributed by atoms with Gasteiger partial charge in [-0.1, -0.05) is 11.6 Å². The molecule has 0 aromatic heterocycles. The first-order valence-electron chi connectivity index (χ1n) is 7.66. The monoisotopic (exact) mass is 392 g/mol. The van der Waals surface area contributed by atoms with Crippen molar-refractivity contribution in [2.24, 2.45) is 5.10 Å². The van der Waals surface area contributed by atoms with Crippen LogP contribution in [0.4, 0.5) is 11.4 Å². The predicted octanol–water partition coefficient (Wildman–Crippen LogP) is 2.83. The molecule has 0 unspecified atom stereocenters. The minimum absolute atomic E-state index is 0.0347. The van der Waals surface area contributed by atoms with Crippen LogP contribution in [-0.4, -0.2) is 37.8 Å². The number of anilines is 1. The lowest BCUT2D eigenvalue weighted by Gasteiger charge is -2.08. The second-order valence-electron chi connectivity index (χ2n) is 5.18. The molecule has 0 aliphatic rings. The molecule has 0 bridgehead atoms. The Morgan fingerprint density at radius 2 is 1.85 bits per heavy atom. The maximum absolute atomic E-state index is 11.8. The number of methoxy groups -OCH3 is 2. The normalized spacial score (nSPS) is 10.5. The number of amides is 1. The fraction of sp³-hybridized carbons (Fsp3) is 0.176. The average Bonchev–Trinajstić information content (AvgIpc) is 2.66. The molecule has 27 heavy (non-hydrogen) atoms. The number of hydrazone groups is 1. The van der Waals surface area contributed by atoms with Gasteiger partial charge in [0.25, 0.3) is 11.6 Å². The van der Waals surface area contributed by atoms with Crippen molar-refractivity contribution in [3.63, 3.8) is 0 Å². The first-order valence-corrected chi connectivity index (χ1v) is 8.04. The molecule has 0 aliphatic heterocycles. The number of hydrogen-bond donors (Lipinski definition) is 2. The Morgan fingerprint density at radius 3 is 2.44 bits per heavy atom. The summed E-state index contributed by atoms with van der Waals surface area (Å²) in [7, 11) is 2.79. The summed E-state index contributed by atoms with van der Waals surface area (Å²) >= 11 is 5.79. The zero-order valence-electron chi connectivity index (χ0n) is 14.6. The van der Waals surface area contributed by atoms with Crippen LogP contribution in [0.5, 0.6) is 11.5 Å². The predicted molar refractivity (Wildman–Crippen MR) is 102 cm³/mol. The van der Waals surface area contributed by atoms with E-state index in [-0.39, 0.29) is 23.5 Å². The van der Waals surface area contributed by atoms with E-state index < -0.39 is 10.8 Å². The average molecular weight is 393 g/mol. The standard InChI is InChI=1S/C17H17ClN4O5/c1-26-15-7-11(14(22(24)25)8-16(15)27-2)9-20-21-17(23)10-19-13-5-3-12(18)4-6-13/h3-9,19H,10H2,1-2H3,(H,21,23)/b20-9-. The maximum atomic E-state index is 11.8. The quantitative estimate of drug-likeness (QED) is 0.405. The molecule has 2 aromatic carbocycles. The van der Waals surface area contributed by atoms with E-state index in [9.17, 15) is 14.9 Å². The Labute approximate surface area is 160 Å². The molecule has 0 saturated carbocycles. The molecule has 142 valence electrons. The van der Waals surface area contributed by atoms with Gasteiger partial charge < -0.3 is 14.8 Å². The van der Waals surface area contributed by atoms with E-state index in [2.05, 4.69) is 15.8 Å². The molecule has 0 fully saturated rings. The highest BCUT2D eigenvalue weighted by atomic mass is 35.5. The minimum atomic E-state index is -0.576. The lowest BCUT2D eigenvalue weighted by molar-refractivity contribution is -0.385. The summed E-state index contributed by atoms with van der Waals surface area (Å²) in [6, 6.07) is 9.46. The molecule has 1 amide bonds. The summed E-state index contributed by atoms with van der Waals surface area (Å²) in [5.41, 5.74) is 2.93. The van der Waals surface area contributed by atoms with Gasteiger partial charge in [-0.3, -0.25) is 14.9 Å². The number of benzene rings is 2. The van der Waals surface area contributed by atoms with Crippen LogP contribution < -0.4 is 20.2 Å². The number of rotatable bonds is 8. The number of ether oxygens (including phenoxy) is 2. The van der Waals surface area contributed by atoms with Crippen molar-refractivity contribution in [2.45, 2.75) is 0 Å². The molecular weight excluding hydrogens is 376 g/mol. The van der Waals surface area contributed by atoms with E-state index in [0.717, 1.165) is 0 Å². The van der Waals surface area contributed by atoms with Gasteiger partial charge in [-0.2, -0.15) is 5.10 Å². The van der Waals surface area contributed by atoms with Crippen molar-refractivity contribution in [1.82, 2.24) is 5.43 Å². The summed E-state index contributed by atoms with van der Waals surface area (Å²) in [4.78, 5) is 22.5.